The van der Waals surface area contributed by atoms with E-state index in [0.717, 1.165) is 0 Å². The van der Waals surface area contributed by atoms with E-state index >= 15 is 0 Å². The molecule has 1 fully saturated rings. The number of likely N-dealkylation sites (tertiary alicyclic amines) is 1. The van der Waals surface area contributed by atoms with Gasteiger partial charge < -0.3 is 10.8 Å². The highest BCUT2D eigenvalue weighted by Gasteiger charge is 2.38. The predicted octanol–water partition coefficient (Wildman–Crippen LogP) is 1.29. The monoisotopic (exact) mass is 286 g/mol. The minimum atomic E-state index is -1.52. The van der Waals surface area contributed by atoms with Gasteiger partial charge in [-0.05, 0) is 37.6 Å². The van der Waals surface area contributed by atoms with Crippen LogP contribution in [0.1, 0.15) is 18.4 Å². The SMILES string of the molecule is NC(=O)[C@@]1(O)CCCN(Cc2cc(Cl)ccc2F)C1. The minimum Gasteiger partial charge on any atom is -0.379 e. The van der Waals surface area contributed by atoms with Crippen LogP contribution in [0, 0.1) is 5.82 Å². The van der Waals surface area contributed by atoms with Gasteiger partial charge in [0.1, 0.15) is 5.82 Å². The molecule has 1 aromatic carbocycles. The van der Waals surface area contributed by atoms with E-state index < -0.39 is 11.5 Å². The van der Waals surface area contributed by atoms with E-state index in [4.69, 9.17) is 17.3 Å². The third-order valence-corrected chi connectivity index (χ3v) is 3.65. The maximum atomic E-state index is 13.6. The third kappa shape index (κ3) is 3.23. The lowest BCUT2D eigenvalue weighted by molar-refractivity contribution is -0.142. The number of rotatable bonds is 3. The van der Waals surface area contributed by atoms with E-state index in [9.17, 15) is 14.3 Å². The Morgan fingerprint density at radius 3 is 3.00 bits per heavy atom. The number of aliphatic hydroxyl groups is 1. The van der Waals surface area contributed by atoms with Crippen LogP contribution in [-0.2, 0) is 11.3 Å². The number of piperidine rings is 1. The average Bonchev–Trinajstić information content (AvgIpc) is 2.34. The quantitative estimate of drug-likeness (QED) is 0.880. The van der Waals surface area contributed by atoms with Gasteiger partial charge in [0.15, 0.2) is 5.60 Å². The molecule has 2 rings (SSSR count). The summed E-state index contributed by atoms with van der Waals surface area (Å²) in [6.07, 6.45) is 0.985. The fourth-order valence-electron chi connectivity index (χ4n) is 2.36. The highest BCUT2D eigenvalue weighted by molar-refractivity contribution is 6.30. The highest BCUT2D eigenvalue weighted by atomic mass is 35.5. The van der Waals surface area contributed by atoms with Crippen molar-refractivity contribution in [1.29, 1.82) is 0 Å². The van der Waals surface area contributed by atoms with Gasteiger partial charge in [0, 0.05) is 23.7 Å². The number of carbonyl (C=O) groups is 1. The standard InChI is InChI=1S/C13H16ClFN2O2/c14-10-2-3-11(15)9(6-10)7-17-5-1-4-13(19,8-17)12(16)18/h2-3,6,19H,1,4-5,7-8H2,(H2,16,18)/t13-/m1/s1. The summed E-state index contributed by atoms with van der Waals surface area (Å²) in [5.74, 6) is -1.08. The van der Waals surface area contributed by atoms with Gasteiger partial charge >= 0.3 is 0 Å². The lowest BCUT2D eigenvalue weighted by Crippen LogP contribution is -2.55. The first-order chi connectivity index (χ1) is 8.90. The Labute approximate surface area is 116 Å². The van der Waals surface area contributed by atoms with Crippen molar-refractivity contribution in [3.8, 4) is 0 Å². The maximum absolute atomic E-state index is 13.6. The molecule has 1 aliphatic heterocycles. The molecule has 1 heterocycles. The largest absolute Gasteiger partial charge is 0.379 e. The van der Waals surface area contributed by atoms with Crippen molar-refractivity contribution in [2.75, 3.05) is 13.1 Å². The number of halogens is 2. The molecule has 0 unspecified atom stereocenters. The number of nitrogens with zero attached hydrogens (tertiary/aromatic N) is 1. The van der Waals surface area contributed by atoms with Crippen molar-refractivity contribution in [2.45, 2.75) is 25.0 Å². The van der Waals surface area contributed by atoms with Crippen molar-refractivity contribution in [1.82, 2.24) is 4.90 Å². The normalized spacial score (nSPS) is 24.4. The van der Waals surface area contributed by atoms with Crippen molar-refractivity contribution in [3.05, 3.63) is 34.6 Å². The molecule has 4 nitrogen and oxygen atoms in total. The summed E-state index contributed by atoms with van der Waals surface area (Å²) in [7, 11) is 0. The van der Waals surface area contributed by atoms with Crippen molar-refractivity contribution < 1.29 is 14.3 Å². The summed E-state index contributed by atoms with van der Waals surface area (Å²) in [5, 5.41) is 10.5. The van der Waals surface area contributed by atoms with E-state index in [1.54, 1.807) is 6.07 Å². The Kier molecular flexibility index (Phi) is 4.08. The Morgan fingerprint density at radius 2 is 2.32 bits per heavy atom. The fourth-order valence-corrected chi connectivity index (χ4v) is 2.56. The number of benzene rings is 1. The Morgan fingerprint density at radius 1 is 1.58 bits per heavy atom. The summed E-state index contributed by atoms with van der Waals surface area (Å²) in [6, 6.07) is 4.34. The topological polar surface area (TPSA) is 66.6 Å². The molecule has 6 heteroatoms. The zero-order chi connectivity index (χ0) is 14.0. The van der Waals surface area contributed by atoms with Crippen LogP contribution >= 0.6 is 11.6 Å². The van der Waals surface area contributed by atoms with Crippen LogP contribution in [0.4, 0.5) is 4.39 Å². The zero-order valence-corrected chi connectivity index (χ0v) is 11.2. The van der Waals surface area contributed by atoms with Gasteiger partial charge in [-0.2, -0.15) is 0 Å². The van der Waals surface area contributed by atoms with Crippen molar-refractivity contribution in [2.24, 2.45) is 5.73 Å². The lowest BCUT2D eigenvalue weighted by atomic mass is 9.92. The van der Waals surface area contributed by atoms with E-state index in [1.807, 2.05) is 4.90 Å². The molecule has 0 saturated carbocycles. The van der Waals surface area contributed by atoms with Gasteiger partial charge in [-0.3, -0.25) is 9.69 Å². The van der Waals surface area contributed by atoms with Crippen LogP contribution in [0.3, 0.4) is 0 Å². The van der Waals surface area contributed by atoms with Crippen LogP contribution in [0.5, 0.6) is 0 Å². The number of hydrogen-bond donors (Lipinski definition) is 2. The van der Waals surface area contributed by atoms with Crippen LogP contribution in [0.25, 0.3) is 0 Å². The average molecular weight is 287 g/mol. The summed E-state index contributed by atoms with van der Waals surface area (Å²) in [5.41, 5.74) is 4.13. The van der Waals surface area contributed by atoms with E-state index in [0.29, 0.717) is 36.5 Å². The second kappa shape index (κ2) is 5.45. The number of carbonyl (C=O) groups excluding carboxylic acids is 1. The molecule has 0 aliphatic carbocycles. The van der Waals surface area contributed by atoms with Gasteiger partial charge in [0.05, 0.1) is 0 Å². The van der Waals surface area contributed by atoms with E-state index in [-0.39, 0.29) is 12.4 Å². The highest BCUT2D eigenvalue weighted by Crippen LogP contribution is 2.24. The first kappa shape index (κ1) is 14.2. The molecule has 1 aromatic rings. The summed E-state index contributed by atoms with van der Waals surface area (Å²) < 4.78 is 13.6. The van der Waals surface area contributed by atoms with E-state index in [1.165, 1.54) is 12.1 Å². The second-order valence-electron chi connectivity index (χ2n) is 4.95. The van der Waals surface area contributed by atoms with Gasteiger partial charge in [-0.15, -0.1) is 0 Å². The number of β-amino-alcohol motifs (C(OH)–C–C–N with tert-alkyl or cyclic N) is 1. The first-order valence-corrected chi connectivity index (χ1v) is 6.47. The van der Waals surface area contributed by atoms with E-state index in [2.05, 4.69) is 0 Å². The molecule has 3 N–H and O–H groups in total. The van der Waals surface area contributed by atoms with Crippen LogP contribution in [0.15, 0.2) is 18.2 Å². The molecule has 1 atom stereocenters. The summed E-state index contributed by atoms with van der Waals surface area (Å²) >= 11 is 5.83. The molecule has 0 radical (unpaired) electrons. The van der Waals surface area contributed by atoms with Crippen molar-refractivity contribution in [3.63, 3.8) is 0 Å². The number of hydrogen-bond acceptors (Lipinski definition) is 3. The summed E-state index contributed by atoms with van der Waals surface area (Å²) in [6.45, 7) is 1.10. The number of nitrogens with two attached hydrogens (primary N) is 1. The molecule has 0 spiro atoms. The first-order valence-electron chi connectivity index (χ1n) is 6.09. The molecule has 1 saturated heterocycles. The molecule has 0 bridgehead atoms. The van der Waals surface area contributed by atoms with Gasteiger partial charge in [-0.1, -0.05) is 11.6 Å². The summed E-state index contributed by atoms with van der Waals surface area (Å²) in [4.78, 5) is 13.1. The van der Waals surface area contributed by atoms with Crippen molar-refractivity contribution >= 4 is 17.5 Å². The van der Waals surface area contributed by atoms with Crippen LogP contribution < -0.4 is 5.73 Å². The lowest BCUT2D eigenvalue weighted by Gasteiger charge is -2.37. The van der Waals surface area contributed by atoms with Crippen LogP contribution in [-0.4, -0.2) is 34.6 Å². The molecular weight excluding hydrogens is 271 g/mol. The smallest absolute Gasteiger partial charge is 0.250 e. The van der Waals surface area contributed by atoms with Crippen LogP contribution in [0.2, 0.25) is 5.02 Å². The Bertz CT molecular complexity index is 498. The Balaban J connectivity index is 2.11. The molecule has 1 amide bonds. The Hall–Kier alpha value is -1.17. The fraction of sp³-hybridized carbons (Fsp3) is 0.462. The minimum absolute atomic E-state index is 0.119. The molecule has 104 valence electrons. The molecule has 19 heavy (non-hydrogen) atoms. The number of primary amides is 1. The molecule has 0 aromatic heterocycles. The third-order valence-electron chi connectivity index (χ3n) is 3.41. The number of amides is 1. The molecular formula is C13H16ClFN2O2. The van der Waals surface area contributed by atoms with Gasteiger partial charge in [0.25, 0.3) is 5.91 Å². The second-order valence-corrected chi connectivity index (χ2v) is 5.38. The maximum Gasteiger partial charge on any atom is 0.250 e. The molecule has 1 aliphatic rings. The van der Waals surface area contributed by atoms with Gasteiger partial charge in [0.2, 0.25) is 0 Å². The zero-order valence-electron chi connectivity index (χ0n) is 10.4. The predicted molar refractivity (Wildman–Crippen MR) is 70.1 cm³/mol. The van der Waals surface area contributed by atoms with Gasteiger partial charge in [-0.25, -0.2) is 4.39 Å².